The number of thiophene rings is 1. The van der Waals surface area contributed by atoms with Crippen LogP contribution in [-0.2, 0) is 27.8 Å². The second-order valence-electron chi connectivity index (χ2n) is 11.6. The highest BCUT2D eigenvalue weighted by Gasteiger charge is 2.38. The van der Waals surface area contributed by atoms with Gasteiger partial charge in [0.05, 0.1) is 18.3 Å². The fraction of sp³-hybridized carbons (Fsp3) is 0.387. The molecule has 4 heterocycles. The Morgan fingerprint density at radius 1 is 1.19 bits per heavy atom. The summed E-state index contributed by atoms with van der Waals surface area (Å²) in [6, 6.07) is 11.6. The number of aryl methyl sites for hydroxylation is 2. The first-order valence-corrected chi connectivity index (χ1v) is 16.7. The van der Waals surface area contributed by atoms with Crippen LogP contribution in [0.2, 0.25) is 0 Å². The molecular formula is C31H36N6O4S2. The molecule has 0 saturated heterocycles. The van der Waals surface area contributed by atoms with Crippen LogP contribution >= 0.6 is 11.3 Å². The molecule has 2 aliphatic heterocycles. The van der Waals surface area contributed by atoms with Gasteiger partial charge in [-0.2, -0.15) is 0 Å². The van der Waals surface area contributed by atoms with Crippen molar-refractivity contribution >= 4 is 37.4 Å². The van der Waals surface area contributed by atoms with Crippen LogP contribution in [0.15, 0.2) is 59.2 Å². The third-order valence-electron chi connectivity index (χ3n) is 8.30. The zero-order valence-corrected chi connectivity index (χ0v) is 26.6. The Kier molecular flexibility index (Phi) is 7.78. The number of nitrogens with zero attached hydrogens (tertiary/aromatic N) is 5. The van der Waals surface area contributed by atoms with Crippen molar-refractivity contribution in [2.45, 2.75) is 69.4 Å². The first kappa shape index (κ1) is 29.3. The van der Waals surface area contributed by atoms with E-state index in [1.807, 2.05) is 38.2 Å². The number of benzene rings is 2. The van der Waals surface area contributed by atoms with E-state index in [1.165, 1.54) is 29.3 Å². The highest BCUT2D eigenvalue weighted by atomic mass is 32.2. The van der Waals surface area contributed by atoms with Gasteiger partial charge in [0.15, 0.2) is 0 Å². The molecule has 1 N–H and O–H groups in total. The average Bonchev–Trinajstić information content (AvgIpc) is 3.58. The van der Waals surface area contributed by atoms with Gasteiger partial charge in [-0.05, 0) is 63.4 Å². The molecule has 10 nitrogen and oxygen atoms in total. The number of sulfonamides is 1. The molecule has 0 spiro atoms. The molecular weight excluding hydrogens is 585 g/mol. The molecule has 2 aliphatic rings. The molecule has 2 aromatic carbocycles. The van der Waals surface area contributed by atoms with Gasteiger partial charge >= 0.3 is 0 Å². The van der Waals surface area contributed by atoms with Gasteiger partial charge in [0.1, 0.15) is 16.0 Å². The Morgan fingerprint density at radius 3 is 2.79 bits per heavy atom. The SMILES string of the molecule is Cc1ccc2sc(S(=O)(=O)N3C=CNC(=O)C3Cc3cn(C4CCOc5cc(CN(C)C(C)C)ccc54)nn3)c(C)c2c1. The maximum Gasteiger partial charge on any atom is 0.274 e. The van der Waals surface area contributed by atoms with Gasteiger partial charge in [-0.25, -0.2) is 13.1 Å². The van der Waals surface area contributed by atoms with Crippen molar-refractivity contribution in [3.05, 3.63) is 82.9 Å². The number of fused-ring (bicyclic) bond motifs is 2. The molecule has 0 bridgehead atoms. The summed E-state index contributed by atoms with van der Waals surface area (Å²) in [5.41, 5.74) is 4.47. The molecule has 226 valence electrons. The predicted molar refractivity (Wildman–Crippen MR) is 166 cm³/mol. The largest absolute Gasteiger partial charge is 0.493 e. The van der Waals surface area contributed by atoms with E-state index in [-0.39, 0.29) is 16.7 Å². The average molecular weight is 621 g/mol. The van der Waals surface area contributed by atoms with Crippen LogP contribution in [0.4, 0.5) is 0 Å². The summed E-state index contributed by atoms with van der Waals surface area (Å²) >= 11 is 1.22. The summed E-state index contributed by atoms with van der Waals surface area (Å²) in [7, 11) is -1.91. The highest BCUT2D eigenvalue weighted by molar-refractivity contribution is 7.91. The van der Waals surface area contributed by atoms with Crippen molar-refractivity contribution in [1.82, 2.24) is 29.5 Å². The maximum atomic E-state index is 14.0. The molecule has 1 amide bonds. The Bertz CT molecular complexity index is 1830. The normalized spacial score (nSPS) is 18.8. The summed E-state index contributed by atoms with van der Waals surface area (Å²) in [5.74, 6) is 0.427. The monoisotopic (exact) mass is 620 g/mol. The number of hydrogen-bond acceptors (Lipinski definition) is 8. The first-order chi connectivity index (χ1) is 20.5. The smallest absolute Gasteiger partial charge is 0.274 e. The van der Waals surface area contributed by atoms with Gasteiger partial charge in [0, 0.05) is 54.3 Å². The lowest BCUT2D eigenvalue weighted by Gasteiger charge is -2.30. The third-order valence-corrected chi connectivity index (χ3v) is 12.0. The Hall–Kier alpha value is -3.74. The lowest BCUT2D eigenvalue weighted by Crippen LogP contribution is -2.50. The highest BCUT2D eigenvalue weighted by Crippen LogP contribution is 2.38. The minimum atomic E-state index is -4.01. The van der Waals surface area contributed by atoms with E-state index in [9.17, 15) is 13.2 Å². The van der Waals surface area contributed by atoms with Crippen molar-refractivity contribution in [1.29, 1.82) is 0 Å². The minimum absolute atomic E-state index is 0.0774. The standard InChI is InChI=1S/C31H36N6O4S2/c1-19(2)35(5)17-22-7-8-24-26(10-13-41-28(24)15-22)36-18-23(33-34-36)16-27-30(38)32-11-12-37(27)43(39,40)31-21(4)25-14-20(3)6-9-29(25)42-31/h6-9,11-12,14-15,18-19,26-27H,10,13,16-17H2,1-5H3,(H,32,38). The molecule has 0 aliphatic carbocycles. The zero-order chi connectivity index (χ0) is 30.5. The topological polar surface area (TPSA) is 110 Å². The van der Waals surface area contributed by atoms with Gasteiger partial charge < -0.3 is 10.1 Å². The van der Waals surface area contributed by atoms with E-state index in [0.29, 0.717) is 23.9 Å². The lowest BCUT2D eigenvalue weighted by atomic mass is 9.98. The van der Waals surface area contributed by atoms with Gasteiger partial charge in [-0.1, -0.05) is 35.0 Å². The van der Waals surface area contributed by atoms with Crippen LogP contribution in [0.3, 0.4) is 0 Å². The van der Waals surface area contributed by atoms with E-state index >= 15 is 0 Å². The zero-order valence-electron chi connectivity index (χ0n) is 24.9. The van der Waals surface area contributed by atoms with Crippen LogP contribution in [-0.4, -0.2) is 64.3 Å². The van der Waals surface area contributed by atoms with Crippen LogP contribution in [0.5, 0.6) is 5.75 Å². The van der Waals surface area contributed by atoms with Crippen molar-refractivity contribution in [2.24, 2.45) is 0 Å². The second kappa shape index (κ2) is 11.4. The number of ether oxygens (including phenoxy) is 1. The summed E-state index contributed by atoms with van der Waals surface area (Å²) in [4.78, 5) is 15.3. The Labute approximate surface area is 256 Å². The lowest BCUT2D eigenvalue weighted by molar-refractivity contribution is -0.124. The number of hydrogen-bond donors (Lipinski definition) is 1. The van der Waals surface area contributed by atoms with Crippen LogP contribution in [0.25, 0.3) is 10.1 Å². The van der Waals surface area contributed by atoms with Crippen LogP contribution < -0.4 is 10.1 Å². The number of carbonyl (C=O) groups excluding carboxylic acids is 1. The molecule has 4 aromatic rings. The molecule has 43 heavy (non-hydrogen) atoms. The summed E-state index contributed by atoms with van der Waals surface area (Å²) in [5, 5.41) is 12.3. The van der Waals surface area contributed by atoms with E-state index in [1.54, 1.807) is 4.68 Å². The predicted octanol–water partition coefficient (Wildman–Crippen LogP) is 4.52. The van der Waals surface area contributed by atoms with E-state index in [2.05, 4.69) is 59.6 Å². The Morgan fingerprint density at radius 2 is 2.00 bits per heavy atom. The fourth-order valence-corrected chi connectivity index (χ4v) is 8.89. The van der Waals surface area contributed by atoms with Crippen LogP contribution in [0, 0.1) is 13.8 Å². The Balaban J connectivity index is 1.25. The molecule has 0 fully saturated rings. The molecule has 2 unspecified atom stereocenters. The number of aromatic nitrogens is 3. The van der Waals surface area contributed by atoms with Gasteiger partial charge in [-0.15, -0.1) is 16.4 Å². The summed E-state index contributed by atoms with van der Waals surface area (Å²) in [6.07, 6.45) is 5.40. The number of nitrogens with one attached hydrogen (secondary N) is 1. The number of carbonyl (C=O) groups is 1. The first-order valence-electron chi connectivity index (χ1n) is 14.4. The van der Waals surface area contributed by atoms with Crippen molar-refractivity contribution in [3.63, 3.8) is 0 Å². The molecule has 6 rings (SSSR count). The van der Waals surface area contributed by atoms with E-state index < -0.39 is 22.0 Å². The number of amides is 1. The van der Waals surface area contributed by atoms with Crippen molar-refractivity contribution in [2.75, 3.05) is 13.7 Å². The maximum absolute atomic E-state index is 14.0. The van der Waals surface area contributed by atoms with Gasteiger partial charge in [-0.3, -0.25) is 14.0 Å². The summed E-state index contributed by atoms with van der Waals surface area (Å²) < 4.78 is 38.1. The van der Waals surface area contributed by atoms with Crippen LogP contribution in [0.1, 0.15) is 54.3 Å². The second-order valence-corrected chi connectivity index (χ2v) is 14.7. The van der Waals surface area contributed by atoms with Crippen molar-refractivity contribution < 1.29 is 17.9 Å². The fourth-order valence-electron chi connectivity index (χ4n) is 5.61. The summed E-state index contributed by atoms with van der Waals surface area (Å²) in [6.45, 7) is 9.50. The molecule has 0 radical (unpaired) electrons. The molecule has 2 aromatic heterocycles. The van der Waals surface area contributed by atoms with Gasteiger partial charge in [0.2, 0.25) is 5.91 Å². The minimum Gasteiger partial charge on any atom is -0.493 e. The molecule has 0 saturated carbocycles. The van der Waals surface area contributed by atoms with E-state index in [0.717, 1.165) is 44.2 Å². The third kappa shape index (κ3) is 5.54. The number of rotatable bonds is 8. The quantitative estimate of drug-likeness (QED) is 0.308. The molecule has 2 atom stereocenters. The van der Waals surface area contributed by atoms with Crippen molar-refractivity contribution in [3.8, 4) is 5.75 Å². The van der Waals surface area contributed by atoms with E-state index in [4.69, 9.17) is 4.74 Å². The van der Waals surface area contributed by atoms with Gasteiger partial charge in [0.25, 0.3) is 10.0 Å². The molecule has 12 heteroatoms.